The fourth-order valence-corrected chi connectivity index (χ4v) is 1.36. The van der Waals surface area contributed by atoms with Gasteiger partial charge in [-0.05, 0) is 6.92 Å². The number of rotatable bonds is 1. The molecule has 0 aliphatic rings. The first kappa shape index (κ1) is 7.91. The quantitative estimate of drug-likeness (QED) is 0.612. The highest BCUT2D eigenvalue weighted by Crippen LogP contribution is 2.12. The second-order valence-corrected chi connectivity index (χ2v) is 2.92. The van der Waals surface area contributed by atoms with Gasteiger partial charge < -0.3 is 4.40 Å². The van der Waals surface area contributed by atoms with Gasteiger partial charge in [-0.1, -0.05) is 0 Å². The number of aryl methyl sites for hydroxylation is 1. The molecule has 4 nitrogen and oxygen atoms in total. The minimum Gasteiger partial charge on any atom is -0.302 e. The van der Waals surface area contributed by atoms with Crippen molar-refractivity contribution in [3.63, 3.8) is 0 Å². The number of Topliss-reactive ketones (excluding diaryl/α,β-unsaturated/α-hetero) is 1. The third-order valence-corrected chi connectivity index (χ3v) is 1.97. The lowest BCUT2D eigenvalue weighted by Crippen LogP contribution is -2.00. The summed E-state index contributed by atoms with van der Waals surface area (Å²) in [5.41, 5.74) is 2.12. The van der Waals surface area contributed by atoms with E-state index < -0.39 is 0 Å². The van der Waals surface area contributed by atoms with E-state index in [2.05, 4.69) is 9.97 Å². The van der Waals surface area contributed by atoms with E-state index in [0.717, 1.165) is 11.2 Å². The molecule has 0 amide bonds. The van der Waals surface area contributed by atoms with Gasteiger partial charge in [0.1, 0.15) is 5.69 Å². The number of carbonyl (C=O) groups is 1. The van der Waals surface area contributed by atoms with Crippen LogP contribution in [0.3, 0.4) is 0 Å². The van der Waals surface area contributed by atoms with Gasteiger partial charge in [-0.15, -0.1) is 0 Å². The van der Waals surface area contributed by atoms with Gasteiger partial charge in [0.15, 0.2) is 5.78 Å². The Morgan fingerprint density at radius 3 is 2.92 bits per heavy atom. The van der Waals surface area contributed by atoms with Gasteiger partial charge in [0.05, 0.1) is 17.5 Å². The van der Waals surface area contributed by atoms with Gasteiger partial charge >= 0.3 is 0 Å². The SMILES string of the molecule is CC(=O)c1nccn2cnc(C)c12. The van der Waals surface area contributed by atoms with Crippen molar-refractivity contribution in [1.82, 2.24) is 14.4 Å². The Morgan fingerprint density at radius 2 is 2.23 bits per heavy atom. The molecule has 0 bridgehead atoms. The third kappa shape index (κ3) is 1.11. The van der Waals surface area contributed by atoms with Crippen molar-refractivity contribution in [2.75, 3.05) is 0 Å². The molecule has 0 saturated carbocycles. The average molecular weight is 175 g/mol. The largest absolute Gasteiger partial charge is 0.302 e. The van der Waals surface area contributed by atoms with E-state index in [4.69, 9.17) is 0 Å². The third-order valence-electron chi connectivity index (χ3n) is 1.97. The highest BCUT2D eigenvalue weighted by molar-refractivity contribution is 5.99. The molecule has 0 fully saturated rings. The molecule has 0 spiro atoms. The van der Waals surface area contributed by atoms with Crippen molar-refractivity contribution in [3.8, 4) is 0 Å². The number of nitrogens with zero attached hydrogens (tertiary/aromatic N) is 3. The van der Waals surface area contributed by atoms with Crippen LogP contribution in [0.2, 0.25) is 0 Å². The molecule has 0 aliphatic carbocycles. The Hall–Kier alpha value is -1.71. The summed E-state index contributed by atoms with van der Waals surface area (Å²) in [6.07, 6.45) is 5.06. The van der Waals surface area contributed by atoms with Gasteiger partial charge in [0.25, 0.3) is 0 Å². The molecule has 4 heteroatoms. The molecule has 2 aromatic heterocycles. The predicted molar refractivity (Wildman–Crippen MR) is 47.7 cm³/mol. The van der Waals surface area contributed by atoms with E-state index in [1.165, 1.54) is 6.92 Å². The van der Waals surface area contributed by atoms with Crippen LogP contribution in [-0.2, 0) is 0 Å². The second kappa shape index (κ2) is 2.65. The minimum absolute atomic E-state index is 0.0331. The van der Waals surface area contributed by atoms with Crippen molar-refractivity contribution in [2.24, 2.45) is 0 Å². The van der Waals surface area contributed by atoms with Crippen molar-refractivity contribution in [1.29, 1.82) is 0 Å². The Morgan fingerprint density at radius 1 is 1.46 bits per heavy atom. The molecule has 0 unspecified atom stereocenters. The highest BCUT2D eigenvalue weighted by Gasteiger charge is 2.10. The maximum atomic E-state index is 11.2. The maximum absolute atomic E-state index is 11.2. The minimum atomic E-state index is -0.0331. The smallest absolute Gasteiger partial charge is 0.180 e. The van der Waals surface area contributed by atoms with Crippen molar-refractivity contribution in [2.45, 2.75) is 13.8 Å². The number of hydrogen-bond acceptors (Lipinski definition) is 3. The van der Waals surface area contributed by atoms with Gasteiger partial charge in [0, 0.05) is 19.3 Å². The van der Waals surface area contributed by atoms with E-state index in [0.29, 0.717) is 5.69 Å². The van der Waals surface area contributed by atoms with Gasteiger partial charge in [-0.3, -0.25) is 4.79 Å². The van der Waals surface area contributed by atoms with E-state index in [9.17, 15) is 4.79 Å². The fraction of sp³-hybridized carbons (Fsp3) is 0.222. The lowest BCUT2D eigenvalue weighted by atomic mass is 10.2. The summed E-state index contributed by atoms with van der Waals surface area (Å²) in [5, 5.41) is 0. The van der Waals surface area contributed by atoms with E-state index in [-0.39, 0.29) is 5.78 Å². The van der Waals surface area contributed by atoms with Crippen molar-refractivity contribution < 1.29 is 4.79 Å². The molecule has 13 heavy (non-hydrogen) atoms. The van der Waals surface area contributed by atoms with Crippen LogP contribution in [0.4, 0.5) is 0 Å². The van der Waals surface area contributed by atoms with Crippen LogP contribution in [0.1, 0.15) is 23.1 Å². The van der Waals surface area contributed by atoms with Crippen LogP contribution in [0, 0.1) is 6.92 Å². The monoisotopic (exact) mass is 175 g/mol. The number of ketones is 1. The Labute approximate surface area is 75.2 Å². The second-order valence-electron chi connectivity index (χ2n) is 2.92. The Kier molecular flexibility index (Phi) is 1.62. The van der Waals surface area contributed by atoms with Crippen LogP contribution >= 0.6 is 0 Å². The molecule has 2 aromatic rings. The van der Waals surface area contributed by atoms with Gasteiger partial charge in [-0.2, -0.15) is 0 Å². The summed E-state index contributed by atoms with van der Waals surface area (Å²) >= 11 is 0. The number of imidazole rings is 1. The summed E-state index contributed by atoms with van der Waals surface area (Å²) in [4.78, 5) is 19.3. The standard InChI is InChI=1S/C9H9N3O/c1-6-9-8(7(2)13)10-3-4-12(9)5-11-6/h3-5H,1-2H3. The summed E-state index contributed by atoms with van der Waals surface area (Å²) in [6.45, 7) is 3.37. The maximum Gasteiger partial charge on any atom is 0.180 e. The van der Waals surface area contributed by atoms with E-state index in [1.54, 1.807) is 23.1 Å². The molecule has 0 aliphatic heterocycles. The summed E-state index contributed by atoms with van der Waals surface area (Å²) in [6, 6.07) is 0. The van der Waals surface area contributed by atoms with E-state index >= 15 is 0 Å². The number of hydrogen-bond donors (Lipinski definition) is 0. The Bertz CT molecular complexity index is 473. The van der Waals surface area contributed by atoms with Crippen LogP contribution < -0.4 is 0 Å². The zero-order valence-corrected chi connectivity index (χ0v) is 7.48. The van der Waals surface area contributed by atoms with Crippen LogP contribution in [-0.4, -0.2) is 20.2 Å². The van der Waals surface area contributed by atoms with Gasteiger partial charge in [0.2, 0.25) is 0 Å². The van der Waals surface area contributed by atoms with Crippen LogP contribution in [0.15, 0.2) is 18.7 Å². The highest BCUT2D eigenvalue weighted by atomic mass is 16.1. The topological polar surface area (TPSA) is 47.3 Å². The first-order valence-corrected chi connectivity index (χ1v) is 3.99. The molecule has 0 aromatic carbocycles. The zero-order valence-electron chi connectivity index (χ0n) is 7.48. The number of fused-ring (bicyclic) bond motifs is 1. The summed E-state index contributed by atoms with van der Waals surface area (Å²) in [5.74, 6) is -0.0331. The van der Waals surface area contributed by atoms with Crippen molar-refractivity contribution in [3.05, 3.63) is 30.1 Å². The first-order valence-electron chi connectivity index (χ1n) is 3.99. The normalized spacial score (nSPS) is 10.6. The molecule has 2 rings (SSSR count). The molecular formula is C9H9N3O. The molecule has 2 heterocycles. The lowest BCUT2D eigenvalue weighted by Gasteiger charge is -1.98. The molecular weight excluding hydrogens is 166 g/mol. The lowest BCUT2D eigenvalue weighted by molar-refractivity contribution is 0.101. The number of carbonyl (C=O) groups excluding carboxylic acids is 1. The average Bonchev–Trinajstić information content (AvgIpc) is 2.48. The predicted octanol–water partition coefficient (Wildman–Crippen LogP) is 1.24. The van der Waals surface area contributed by atoms with Gasteiger partial charge in [-0.25, -0.2) is 9.97 Å². The first-order chi connectivity index (χ1) is 6.20. The number of aromatic nitrogens is 3. The van der Waals surface area contributed by atoms with Crippen LogP contribution in [0.5, 0.6) is 0 Å². The Balaban J connectivity index is 2.88. The van der Waals surface area contributed by atoms with E-state index in [1.807, 2.05) is 6.92 Å². The molecule has 0 N–H and O–H groups in total. The zero-order chi connectivity index (χ0) is 9.42. The summed E-state index contributed by atoms with van der Waals surface area (Å²) < 4.78 is 1.80. The fourth-order valence-electron chi connectivity index (χ4n) is 1.36. The van der Waals surface area contributed by atoms with Crippen LogP contribution in [0.25, 0.3) is 5.52 Å². The molecule has 0 atom stereocenters. The summed E-state index contributed by atoms with van der Waals surface area (Å²) in [7, 11) is 0. The molecule has 66 valence electrons. The molecule has 0 saturated heterocycles. The molecule has 0 radical (unpaired) electrons. The van der Waals surface area contributed by atoms with Crippen molar-refractivity contribution >= 4 is 11.3 Å².